The second-order valence-electron chi connectivity index (χ2n) is 6.21. The van der Waals surface area contributed by atoms with E-state index in [1.54, 1.807) is 0 Å². The molecule has 0 heterocycles. The van der Waals surface area contributed by atoms with Crippen molar-refractivity contribution >= 4 is 5.97 Å². The molecule has 0 saturated carbocycles. The Morgan fingerprint density at radius 1 is 0.500 bits per heavy atom. The van der Waals surface area contributed by atoms with Gasteiger partial charge in [0.2, 0.25) is 0 Å². The summed E-state index contributed by atoms with van der Waals surface area (Å²) in [5, 5.41) is 0. The molecule has 0 saturated heterocycles. The fraction of sp³-hybridized carbons (Fsp3) is 0.769. The monoisotopic (exact) mass is 554 g/mol. The van der Waals surface area contributed by atoms with E-state index in [1.807, 2.05) is 0 Å². The van der Waals surface area contributed by atoms with Gasteiger partial charge in [-0.15, -0.1) is 0 Å². The van der Waals surface area contributed by atoms with Gasteiger partial charge >= 0.3 is 59.7 Å². The Labute approximate surface area is 173 Å². The first kappa shape index (κ1) is 31.9. The van der Waals surface area contributed by atoms with E-state index in [0.29, 0.717) is 0 Å². The molecule has 0 aromatic rings. The molecule has 1 unspecified atom stereocenters. The molecule has 2 nitrogen and oxygen atoms in total. The van der Waals surface area contributed by atoms with Crippen molar-refractivity contribution in [2.24, 2.45) is 0 Å². The smallest absolute Gasteiger partial charge is 0.413 e. The molecule has 0 bridgehead atoms. The lowest BCUT2D eigenvalue weighted by molar-refractivity contribution is -0.485. The molecule has 0 aliphatic rings. The van der Waals surface area contributed by atoms with E-state index in [4.69, 9.17) is 0 Å². The van der Waals surface area contributed by atoms with Gasteiger partial charge in [0.1, 0.15) is 0 Å². The summed E-state index contributed by atoms with van der Waals surface area (Å²) < 4.78 is 250. The van der Waals surface area contributed by atoms with Crippen LogP contribution in [0, 0.1) is 0 Å². The maximum Gasteiger partial charge on any atom is 0.460 e. The largest absolute Gasteiger partial charge is 0.460 e. The topological polar surface area (TPSA) is 26.3 Å². The van der Waals surface area contributed by atoms with Gasteiger partial charge < -0.3 is 4.74 Å². The molecule has 0 aliphatic carbocycles. The van der Waals surface area contributed by atoms with Gasteiger partial charge in [0, 0.05) is 5.57 Å². The van der Waals surface area contributed by atoms with Crippen LogP contribution >= 0.6 is 0 Å². The van der Waals surface area contributed by atoms with Gasteiger partial charge in [0.15, 0.2) is 0 Å². The van der Waals surface area contributed by atoms with Gasteiger partial charge in [-0.1, -0.05) is 6.58 Å². The number of rotatable bonds is 8. The average molecular weight is 554 g/mol. The summed E-state index contributed by atoms with van der Waals surface area (Å²) in [5.41, 5.74) is -1.75. The van der Waals surface area contributed by atoms with E-state index >= 15 is 0 Å². The van der Waals surface area contributed by atoms with Crippen LogP contribution in [0.1, 0.15) is 6.92 Å². The molecule has 1 atom stereocenters. The minimum absolute atomic E-state index is 0.0749. The zero-order valence-electron chi connectivity index (χ0n) is 15.2. The van der Waals surface area contributed by atoms with Crippen LogP contribution in [0.4, 0.5) is 83.4 Å². The third-order valence-corrected chi connectivity index (χ3v) is 3.68. The maximum absolute atomic E-state index is 14.4. The minimum Gasteiger partial charge on any atom is -0.413 e. The normalized spacial score (nSPS) is 17.3. The molecular weight excluding hydrogens is 549 g/mol. The highest BCUT2D eigenvalue weighted by molar-refractivity contribution is 5.87. The fourth-order valence-corrected chi connectivity index (χ4v) is 1.69. The first-order valence-corrected chi connectivity index (χ1v) is 7.31. The van der Waals surface area contributed by atoms with Gasteiger partial charge in [-0.3, -0.25) is 0 Å². The Morgan fingerprint density at radius 2 is 0.735 bits per heavy atom. The predicted octanol–water partition coefficient (Wildman–Crippen LogP) is 6.71. The van der Waals surface area contributed by atoms with E-state index in [2.05, 4.69) is 11.3 Å². The zero-order chi connectivity index (χ0) is 28.4. The number of carbonyl (C=O) groups excluding carboxylic acids is 1. The summed E-state index contributed by atoms with van der Waals surface area (Å²) in [6, 6.07) is 0. The van der Waals surface area contributed by atoms with E-state index in [1.165, 1.54) is 0 Å². The van der Waals surface area contributed by atoms with Crippen molar-refractivity contribution in [1.82, 2.24) is 0 Å². The summed E-state index contributed by atoms with van der Waals surface area (Å²) in [6.07, 6.45) is -15.9. The summed E-state index contributed by atoms with van der Waals surface area (Å²) >= 11 is 0. The zero-order valence-corrected chi connectivity index (χ0v) is 15.2. The summed E-state index contributed by atoms with van der Waals surface area (Å²) in [4.78, 5) is 11.0. The number of halogens is 19. The lowest BCUT2D eigenvalue weighted by Crippen LogP contribution is -2.77. The number of hydrogen-bond donors (Lipinski definition) is 0. The molecule has 0 N–H and O–H groups in total. The molecule has 0 aliphatic heterocycles. The number of esters is 1. The number of ether oxygens (including phenoxy) is 1. The van der Waals surface area contributed by atoms with Crippen molar-refractivity contribution in [3.8, 4) is 0 Å². The van der Waals surface area contributed by atoms with Gasteiger partial charge in [-0.2, -0.15) is 83.4 Å². The van der Waals surface area contributed by atoms with Gasteiger partial charge in [0.25, 0.3) is 0 Å². The van der Waals surface area contributed by atoms with Gasteiger partial charge in [-0.05, 0) is 6.92 Å². The van der Waals surface area contributed by atoms with E-state index < -0.39 is 65.3 Å². The van der Waals surface area contributed by atoms with E-state index in [-0.39, 0.29) is 6.92 Å². The van der Waals surface area contributed by atoms with E-state index in [0.717, 1.165) is 0 Å². The Balaban J connectivity index is 7.49. The van der Waals surface area contributed by atoms with Crippen molar-refractivity contribution in [2.75, 3.05) is 0 Å². The Bertz CT molecular complexity index is 804. The molecular formula is C13H5F19O2. The van der Waals surface area contributed by atoms with Crippen LogP contribution in [-0.4, -0.2) is 59.7 Å². The molecule has 0 amide bonds. The van der Waals surface area contributed by atoms with Crippen LogP contribution in [-0.2, 0) is 9.53 Å². The highest BCUT2D eigenvalue weighted by atomic mass is 19.4. The first-order chi connectivity index (χ1) is 14.3. The molecule has 0 rings (SSSR count). The highest BCUT2D eigenvalue weighted by Crippen LogP contribution is 2.65. The van der Waals surface area contributed by atoms with Crippen LogP contribution in [0.25, 0.3) is 0 Å². The Kier molecular flexibility index (Phi) is 7.46. The molecule has 34 heavy (non-hydrogen) atoms. The van der Waals surface area contributed by atoms with Gasteiger partial charge in [-0.25, -0.2) is 4.79 Å². The lowest BCUT2D eigenvalue weighted by atomic mass is 9.87. The molecule has 0 aromatic heterocycles. The number of hydrogen-bond acceptors (Lipinski definition) is 2. The van der Waals surface area contributed by atoms with Crippen molar-refractivity contribution in [2.45, 2.75) is 60.7 Å². The van der Waals surface area contributed by atoms with Gasteiger partial charge in [0.05, 0.1) is 0 Å². The van der Waals surface area contributed by atoms with Crippen LogP contribution in [0.2, 0.25) is 0 Å². The molecule has 0 radical (unpaired) electrons. The quantitative estimate of drug-likeness (QED) is 0.190. The average Bonchev–Trinajstić information content (AvgIpc) is 2.58. The SMILES string of the molecule is C=C(C)C(=O)OC(F)(C(F)(F)C(F)(F)C(F)(F)F)C(F)(F)C(F)(F)C(F)(F)C(F)(F)C(F)(F)F. The van der Waals surface area contributed by atoms with Crippen molar-refractivity contribution in [3.05, 3.63) is 12.2 Å². The third-order valence-electron chi connectivity index (χ3n) is 3.68. The molecule has 0 fully saturated rings. The van der Waals surface area contributed by atoms with Crippen LogP contribution in [0.5, 0.6) is 0 Å². The number of alkyl halides is 19. The summed E-state index contributed by atoms with van der Waals surface area (Å²) in [5.74, 6) is -63.5. The lowest BCUT2D eigenvalue weighted by Gasteiger charge is -2.45. The Morgan fingerprint density at radius 3 is 1.00 bits per heavy atom. The number of carbonyl (C=O) groups is 1. The fourth-order valence-electron chi connectivity index (χ4n) is 1.69. The van der Waals surface area contributed by atoms with Crippen molar-refractivity contribution < 1.29 is 92.9 Å². The third kappa shape index (κ3) is 4.01. The van der Waals surface area contributed by atoms with Crippen LogP contribution in [0.3, 0.4) is 0 Å². The van der Waals surface area contributed by atoms with Crippen molar-refractivity contribution in [1.29, 1.82) is 0 Å². The molecule has 21 heteroatoms. The minimum atomic E-state index is -8.91. The Hall–Kier alpha value is -2.12. The second kappa shape index (κ2) is 7.95. The van der Waals surface area contributed by atoms with E-state index in [9.17, 15) is 88.2 Å². The van der Waals surface area contributed by atoms with Crippen LogP contribution < -0.4 is 0 Å². The second-order valence-corrected chi connectivity index (χ2v) is 6.21. The summed E-state index contributed by atoms with van der Waals surface area (Å²) in [7, 11) is 0. The molecule has 202 valence electrons. The van der Waals surface area contributed by atoms with Crippen molar-refractivity contribution in [3.63, 3.8) is 0 Å². The highest BCUT2D eigenvalue weighted by Gasteiger charge is 2.97. The molecule has 0 aromatic carbocycles. The maximum atomic E-state index is 14.4. The summed E-state index contributed by atoms with van der Waals surface area (Å²) in [6.45, 7) is 2.33. The predicted molar refractivity (Wildman–Crippen MR) is 66.5 cm³/mol. The first-order valence-electron chi connectivity index (χ1n) is 7.31. The van der Waals surface area contributed by atoms with Crippen LogP contribution in [0.15, 0.2) is 12.2 Å². The molecule has 0 spiro atoms. The standard InChI is InChI=1S/C13H5F19O2/c1-3(2)4(33)34-11(26,8(20,21)10(24,25)13(30,31)32)7(18,19)5(14,15)6(16,17)9(22,23)12(27,28)29/h1H2,2H3.